The fraction of sp³-hybridized carbons (Fsp3) is 0.282. The van der Waals surface area contributed by atoms with E-state index in [0.29, 0.717) is 59.9 Å². The molecule has 9 rings (SSSR count). The molecule has 8 aromatic rings. The van der Waals surface area contributed by atoms with Crippen LogP contribution in [0.25, 0.3) is 18.2 Å². The highest BCUT2D eigenvalue weighted by atomic mass is 35.5. The minimum Gasteiger partial charge on any atom is -0.497 e. The maximum atomic E-state index is 12.6. The van der Waals surface area contributed by atoms with E-state index in [9.17, 15) is 80.6 Å². The van der Waals surface area contributed by atoms with Crippen LogP contribution >= 0.6 is 59.4 Å². The average molecular weight is 1800 g/mol. The number of alkyl halides is 17. The quantitative estimate of drug-likeness (QED) is 0.0104. The Labute approximate surface area is 708 Å². The molecular weight excluding hydrogens is 1710 g/mol. The number of carbonyl (C=O) groups excluding carboxylic acids is 7. The first-order valence-electron chi connectivity index (χ1n) is 34.6. The van der Waals surface area contributed by atoms with E-state index >= 15 is 0 Å². The molecule has 35 heteroatoms. The van der Waals surface area contributed by atoms with Gasteiger partial charge < -0.3 is 38.3 Å². The molecule has 8 aromatic carbocycles. The number of Topliss-reactive ketones (excluding diaryl/α,β-unsaturated/α-hetero) is 1. The van der Waals surface area contributed by atoms with Crippen LogP contribution in [-0.4, -0.2) is 119 Å². The Morgan fingerprint density at radius 2 is 0.908 bits per heavy atom. The van der Waals surface area contributed by atoms with E-state index in [-0.39, 0.29) is 48.8 Å². The Hall–Kier alpha value is -10.1. The van der Waals surface area contributed by atoms with Crippen LogP contribution in [0.5, 0.6) is 28.7 Å². The number of epoxide rings is 1. The number of methoxy groups -OCH3 is 3. The van der Waals surface area contributed by atoms with E-state index in [0.717, 1.165) is 121 Å². The lowest BCUT2D eigenvalue weighted by atomic mass is 10.1. The first-order chi connectivity index (χ1) is 56.5. The van der Waals surface area contributed by atoms with Gasteiger partial charge in [0.15, 0.2) is 5.78 Å². The van der Waals surface area contributed by atoms with Crippen molar-refractivity contribution < 1.29 is 138 Å². The Kier molecular flexibility index (Phi) is 54.6. The molecule has 15 nitrogen and oxygen atoms in total. The lowest BCUT2D eigenvalue weighted by molar-refractivity contribution is -0.193. The van der Waals surface area contributed by atoms with Gasteiger partial charge >= 0.3 is 43.2 Å². The van der Waals surface area contributed by atoms with Crippen LogP contribution < -0.4 is 23.7 Å². The second-order valence-electron chi connectivity index (χ2n) is 23.5. The van der Waals surface area contributed by atoms with Gasteiger partial charge in [0.1, 0.15) is 60.6 Å². The SMILES string of the molecule is C=CC=O.CC(=O)COc1ccc(S)cc1C.CCCOc1ccc(SCC(COc2ccc(C(F)(F)F)cc2)OC)cc1C.COc1ccc(C(F)(F)F)cc1.COc1ccc(SCC(O)/C=C/c2ccc(C(F)(F)F)cc2)cc1C.ClCCl.FC(F)(F)c1ccc(/C=C/C2CO2)cc1.O=C/C=C/c1ccc(C(F)(F)F)cc1.O=C=O.O=C=O. The minimum absolute atomic E-state index is 0.0225. The van der Waals surface area contributed by atoms with Gasteiger partial charge in [-0.05, 0) is 219 Å². The lowest BCUT2D eigenvalue weighted by Crippen LogP contribution is -2.22. The molecule has 0 aromatic heterocycles. The summed E-state index contributed by atoms with van der Waals surface area (Å²) in [6.45, 7) is 14.4. The summed E-state index contributed by atoms with van der Waals surface area (Å²) in [7, 11) is 4.61. The summed E-state index contributed by atoms with van der Waals surface area (Å²) < 4.78 is 221. The summed E-state index contributed by atoms with van der Waals surface area (Å²) in [6, 6.07) is 41.0. The molecule has 0 saturated carbocycles. The van der Waals surface area contributed by atoms with Crippen molar-refractivity contribution in [3.63, 3.8) is 0 Å². The van der Waals surface area contributed by atoms with E-state index in [1.807, 2.05) is 75.4 Å². The number of hydrogen-bond acceptors (Lipinski definition) is 18. The van der Waals surface area contributed by atoms with Crippen molar-refractivity contribution in [1.82, 2.24) is 0 Å². The number of benzene rings is 8. The summed E-state index contributed by atoms with van der Waals surface area (Å²) in [4.78, 5) is 65.2. The fourth-order valence-electron chi connectivity index (χ4n) is 8.43. The number of halogens is 17. The standard InChI is InChI=1S/C21H25F3O3S.C19H19F3O2S.C11H9F3O.C10H7F3O.C10H12O2S.C8H7F3O.C3H4O.CH2Cl2.2CO2/c1-4-11-26-20-10-9-19(12-15(20)2)28-14-18(25-3)13-27-17-7-5-16(6-8-17)21(22,23)24;1-13-11-17(9-10-18(13)24-2)25-12-16(23)8-5-14-3-6-15(7-4-14)19(20,21)22;12-11(13,14)9-4-1-8(2-5-9)3-6-10-7-15-10;11-10(12,13)9-5-3-8(4-6-9)2-1-7-14;1-7-5-9(13)3-4-10(7)12-6-8(2)11;1-12-7-4-2-6(3-5-7)8(9,10)11;1-2-3-4;3*2-1-3/h5-10,12,18H,4,11,13-14H2,1-3H3;3-11,16,23H,12H2,1-2H3;1-6,10H,7H2;1-7H;3-5,13H,6H2,1-2H3;2-5H,1H3;2-3H,1H2;1H2;;/b;8-5+;6-3+;2-1+;;;;;;. The van der Waals surface area contributed by atoms with Crippen molar-refractivity contribution in [1.29, 1.82) is 0 Å². The van der Waals surface area contributed by atoms with Crippen molar-refractivity contribution >= 4 is 108 Å². The maximum absolute atomic E-state index is 12.6. The summed E-state index contributed by atoms with van der Waals surface area (Å²) in [5, 5.41) is 10.2. The van der Waals surface area contributed by atoms with Gasteiger partial charge in [-0.1, -0.05) is 80.3 Å². The van der Waals surface area contributed by atoms with Crippen LogP contribution in [0.15, 0.2) is 221 Å². The van der Waals surface area contributed by atoms with Gasteiger partial charge in [0.25, 0.3) is 0 Å². The molecule has 0 spiro atoms. The highest BCUT2D eigenvalue weighted by Crippen LogP contribution is 2.36. The van der Waals surface area contributed by atoms with E-state index < -0.39 is 64.8 Å². The van der Waals surface area contributed by atoms with E-state index in [2.05, 4.69) is 32.2 Å². The zero-order valence-corrected chi connectivity index (χ0v) is 69.4. The number of hydrogen-bond donors (Lipinski definition) is 2. The Balaban J connectivity index is 0.00000141. The highest BCUT2D eigenvalue weighted by Gasteiger charge is 2.33. The number of aliphatic hydroxyl groups is 1. The van der Waals surface area contributed by atoms with Gasteiger partial charge in [0, 0.05) is 33.3 Å². The number of aldehydes is 2. The summed E-state index contributed by atoms with van der Waals surface area (Å²) in [5.41, 5.74) is 1.65. The monoisotopic (exact) mass is 1800 g/mol. The molecule has 120 heavy (non-hydrogen) atoms. The van der Waals surface area contributed by atoms with Crippen molar-refractivity contribution in [2.45, 2.75) is 105 Å². The number of thiol groups is 1. The lowest BCUT2D eigenvalue weighted by Gasteiger charge is -2.17. The van der Waals surface area contributed by atoms with Gasteiger partial charge in [-0.15, -0.1) is 59.4 Å². The second-order valence-corrected chi connectivity index (χ2v) is 27.0. The van der Waals surface area contributed by atoms with Crippen LogP contribution in [0, 0.1) is 20.8 Å². The number of rotatable bonds is 25. The number of aryl methyl sites for hydroxylation is 3. The molecule has 0 bridgehead atoms. The summed E-state index contributed by atoms with van der Waals surface area (Å²) >= 11 is 16.8. The van der Waals surface area contributed by atoms with Crippen molar-refractivity contribution in [3.8, 4) is 28.7 Å². The van der Waals surface area contributed by atoms with Crippen LogP contribution in [0.1, 0.15) is 81.5 Å². The number of ether oxygens (including phenoxy) is 7. The smallest absolute Gasteiger partial charge is 0.416 e. The molecule has 0 amide bonds. The zero-order chi connectivity index (χ0) is 91.1. The molecule has 1 N–H and O–H groups in total. The molecule has 1 heterocycles. The Morgan fingerprint density at radius 1 is 0.542 bits per heavy atom. The molecule has 3 unspecified atom stereocenters. The first-order valence-corrected chi connectivity index (χ1v) is 38.1. The normalized spacial score (nSPS) is 12.3. The average Bonchev–Trinajstić information content (AvgIpc) is 1.55. The predicted molar refractivity (Wildman–Crippen MR) is 433 cm³/mol. The third kappa shape index (κ3) is 50.1. The van der Waals surface area contributed by atoms with Crippen LogP contribution in [0.3, 0.4) is 0 Å². The maximum Gasteiger partial charge on any atom is 0.416 e. The zero-order valence-electron chi connectivity index (χ0n) is 65.4. The van der Waals surface area contributed by atoms with Gasteiger partial charge in [-0.25, -0.2) is 0 Å². The molecule has 1 aliphatic rings. The number of carbonyl (C=O) groups is 3. The number of aliphatic hydroxyl groups excluding tert-OH is 1. The Bertz CT molecular complexity index is 4400. The number of allylic oxidation sites excluding steroid dienone is 2. The molecule has 652 valence electrons. The third-order valence-corrected chi connectivity index (χ3v) is 16.8. The van der Waals surface area contributed by atoms with E-state index in [1.54, 1.807) is 44.2 Å². The molecule has 0 aliphatic carbocycles. The van der Waals surface area contributed by atoms with Crippen molar-refractivity contribution in [3.05, 3.63) is 268 Å². The first kappa shape index (κ1) is 110. The van der Waals surface area contributed by atoms with Gasteiger partial charge in [0.2, 0.25) is 0 Å². The minimum atomic E-state index is -4.35. The summed E-state index contributed by atoms with van der Waals surface area (Å²) in [5.74, 6) is 4.38. The summed E-state index contributed by atoms with van der Waals surface area (Å²) in [6.07, 6.45) is -8.96. The number of ketones is 1. The molecule has 1 saturated heterocycles. The second kappa shape index (κ2) is 59.6. The molecule has 0 radical (unpaired) electrons. The van der Waals surface area contributed by atoms with Gasteiger partial charge in [-0.3, -0.25) is 14.4 Å². The largest absolute Gasteiger partial charge is 0.497 e. The van der Waals surface area contributed by atoms with Crippen molar-refractivity contribution in [2.75, 3.05) is 64.6 Å². The highest BCUT2D eigenvalue weighted by molar-refractivity contribution is 7.99. The van der Waals surface area contributed by atoms with E-state index in [1.165, 1.54) is 105 Å². The Morgan fingerprint density at radius 3 is 1.26 bits per heavy atom. The number of thioether (sulfide) groups is 2. The van der Waals surface area contributed by atoms with Gasteiger partial charge in [0.05, 0.1) is 72.8 Å². The molecular formula is C85H85Cl2F15O15S3. The fourth-order valence-corrected chi connectivity index (χ4v) is 10.6. The third-order valence-electron chi connectivity index (χ3n) is 14.3. The van der Waals surface area contributed by atoms with Crippen LogP contribution in [-0.2, 0) is 73.9 Å². The topological polar surface area (TPSA) is 208 Å². The van der Waals surface area contributed by atoms with Gasteiger partial charge in [-0.2, -0.15) is 85.0 Å². The van der Waals surface area contributed by atoms with Crippen LogP contribution in [0.4, 0.5) is 65.9 Å². The molecule has 1 fully saturated rings. The molecule has 1 aliphatic heterocycles. The predicted octanol–water partition coefficient (Wildman–Crippen LogP) is 22.8. The van der Waals surface area contributed by atoms with E-state index in [4.69, 9.17) is 80.3 Å². The van der Waals surface area contributed by atoms with Crippen molar-refractivity contribution in [2.24, 2.45) is 0 Å². The van der Waals surface area contributed by atoms with Crippen LogP contribution in [0.2, 0.25) is 0 Å². The molecule has 3 atom stereocenters.